The number of benzene rings is 9. The summed E-state index contributed by atoms with van der Waals surface area (Å²) in [6.45, 7) is 9.89. The van der Waals surface area contributed by atoms with Crippen LogP contribution in [0.25, 0.3) is 55.6 Å². The van der Waals surface area contributed by atoms with Crippen molar-refractivity contribution in [2.45, 2.75) is 82.5 Å². The molecule has 9 aromatic carbocycles. The van der Waals surface area contributed by atoms with E-state index in [2.05, 4.69) is 233 Å². The molecule has 0 amide bonds. The van der Waals surface area contributed by atoms with Crippen molar-refractivity contribution < 1.29 is 0 Å². The van der Waals surface area contributed by atoms with Crippen molar-refractivity contribution in [3.8, 4) is 55.6 Å². The Balaban J connectivity index is 1.10. The Hall–Kier alpha value is -7.22. The van der Waals surface area contributed by atoms with E-state index in [1.165, 1.54) is 131 Å². The third kappa shape index (κ3) is 6.14. The lowest BCUT2D eigenvalue weighted by Gasteiger charge is -2.43. The monoisotopic (exact) mass is 875 g/mol. The average molecular weight is 876 g/mol. The second-order valence-corrected chi connectivity index (χ2v) is 21.3. The minimum Gasteiger partial charge on any atom is -0.310 e. The molecule has 1 nitrogen and oxygen atoms in total. The molecule has 68 heavy (non-hydrogen) atoms. The van der Waals surface area contributed by atoms with E-state index >= 15 is 0 Å². The molecule has 0 fully saturated rings. The smallest absolute Gasteiger partial charge is 0.0726 e. The highest BCUT2D eigenvalue weighted by Gasteiger charge is 2.52. The molecular weight excluding hydrogens is 819 g/mol. The summed E-state index contributed by atoms with van der Waals surface area (Å²) in [6, 6.07) is 76.7. The quantitative estimate of drug-likeness (QED) is 0.161. The summed E-state index contributed by atoms with van der Waals surface area (Å²) >= 11 is 0. The number of hydrogen-bond donors (Lipinski definition) is 0. The molecule has 1 spiro atoms. The van der Waals surface area contributed by atoms with Crippen molar-refractivity contribution in [2.24, 2.45) is 0 Å². The summed E-state index contributed by atoms with van der Waals surface area (Å²) in [5, 5.41) is 0. The van der Waals surface area contributed by atoms with Crippen LogP contribution in [-0.2, 0) is 29.1 Å². The van der Waals surface area contributed by atoms with E-state index in [1.54, 1.807) is 0 Å². The molecule has 0 saturated carbocycles. The van der Waals surface area contributed by atoms with Crippen molar-refractivity contribution in [2.75, 3.05) is 4.90 Å². The molecule has 0 atom stereocenters. The molecule has 0 N–H and O–H groups in total. The molecule has 0 saturated heterocycles. The van der Waals surface area contributed by atoms with Crippen LogP contribution < -0.4 is 4.90 Å². The fraction of sp³-hybridized carbons (Fsp3) is 0.194. The van der Waals surface area contributed by atoms with Gasteiger partial charge < -0.3 is 4.90 Å². The topological polar surface area (TPSA) is 3.24 Å². The van der Waals surface area contributed by atoms with Crippen LogP contribution in [0.1, 0.15) is 97.9 Å². The van der Waals surface area contributed by atoms with Crippen LogP contribution in [0.5, 0.6) is 0 Å². The molecule has 0 aromatic heterocycles. The van der Waals surface area contributed by atoms with Gasteiger partial charge in [0, 0.05) is 16.9 Å². The maximum Gasteiger partial charge on any atom is 0.0726 e. The molecule has 4 aliphatic carbocycles. The number of anilines is 3. The predicted molar refractivity (Wildman–Crippen MR) is 286 cm³/mol. The van der Waals surface area contributed by atoms with Gasteiger partial charge in [0.05, 0.1) is 11.1 Å². The summed E-state index contributed by atoms with van der Waals surface area (Å²) in [4.78, 5) is 2.62. The lowest BCUT2D eigenvalue weighted by atomic mass is 9.61. The molecule has 0 heterocycles. The third-order valence-electron chi connectivity index (χ3n) is 16.5. The number of fused-ring (bicyclic) bond motifs is 12. The molecular formula is C67H57N. The van der Waals surface area contributed by atoms with Gasteiger partial charge in [-0.1, -0.05) is 191 Å². The van der Waals surface area contributed by atoms with E-state index in [0.29, 0.717) is 0 Å². The van der Waals surface area contributed by atoms with Gasteiger partial charge >= 0.3 is 0 Å². The standard InChI is InChI=1S/C67H57N/c1-65(2)39-40-66(3,4)64-55(24-16-28-61(64)65)57-42-56-54-23-12-15-27-60(54)67(58-25-13-10-21-52(58)53-22-11-14-26-59(53)67)62(56)43-63(57)68(51-38-35-45-19-8-9-20-49(45)41-51)50-36-33-48(34-37-50)47-31-29-46(30-32-47)44-17-6-5-7-18-44/h5-7,10-18,21-38,41-43H,8-9,19-20,39-40H2,1-4H3. The number of aryl methyl sites for hydroxylation is 2. The molecule has 330 valence electrons. The van der Waals surface area contributed by atoms with Crippen LogP contribution >= 0.6 is 0 Å². The Bertz CT molecular complexity index is 3390. The average Bonchev–Trinajstić information content (AvgIpc) is 3.85. The van der Waals surface area contributed by atoms with Gasteiger partial charge in [-0.3, -0.25) is 0 Å². The minimum atomic E-state index is -0.471. The SMILES string of the molecule is CC1(C)CCC(C)(C)c2c(-c3cc4c(cc3N(c3ccc(-c5ccc(-c6ccccc6)cc5)cc3)c3ccc5c(c3)CCCC5)C3(c5ccccc5-c5ccccc53)c3ccccc3-4)cccc21. The van der Waals surface area contributed by atoms with Crippen LogP contribution in [0, 0.1) is 0 Å². The second kappa shape index (κ2) is 15.4. The van der Waals surface area contributed by atoms with Crippen molar-refractivity contribution in [3.05, 3.63) is 245 Å². The van der Waals surface area contributed by atoms with E-state index in [1.807, 2.05) is 0 Å². The fourth-order valence-electron chi connectivity index (χ4n) is 13.1. The second-order valence-electron chi connectivity index (χ2n) is 21.3. The van der Waals surface area contributed by atoms with Gasteiger partial charge in [-0.05, 0) is 180 Å². The lowest BCUT2D eigenvalue weighted by Crippen LogP contribution is -2.34. The Labute approximate surface area is 402 Å². The summed E-state index contributed by atoms with van der Waals surface area (Å²) in [7, 11) is 0. The van der Waals surface area contributed by atoms with Crippen molar-refractivity contribution in [3.63, 3.8) is 0 Å². The molecule has 1 heteroatoms. The molecule has 13 rings (SSSR count). The Kier molecular flexibility index (Phi) is 9.29. The van der Waals surface area contributed by atoms with E-state index < -0.39 is 5.41 Å². The van der Waals surface area contributed by atoms with Crippen LogP contribution in [0.4, 0.5) is 17.1 Å². The van der Waals surface area contributed by atoms with Crippen LogP contribution in [0.2, 0.25) is 0 Å². The summed E-state index contributed by atoms with van der Waals surface area (Å²) in [5.74, 6) is 0. The highest BCUT2D eigenvalue weighted by atomic mass is 15.1. The van der Waals surface area contributed by atoms with E-state index in [9.17, 15) is 0 Å². The molecule has 4 aliphatic rings. The van der Waals surface area contributed by atoms with Gasteiger partial charge in [0.25, 0.3) is 0 Å². The Morgan fingerprint density at radius 2 is 0.824 bits per heavy atom. The fourth-order valence-corrected chi connectivity index (χ4v) is 13.1. The van der Waals surface area contributed by atoms with Crippen LogP contribution in [0.15, 0.2) is 200 Å². The van der Waals surface area contributed by atoms with Gasteiger partial charge in [0.15, 0.2) is 0 Å². The molecule has 0 aliphatic heterocycles. The van der Waals surface area contributed by atoms with E-state index in [4.69, 9.17) is 0 Å². The molecule has 0 bridgehead atoms. The zero-order valence-electron chi connectivity index (χ0n) is 39.7. The first kappa shape index (κ1) is 41.0. The van der Waals surface area contributed by atoms with Crippen LogP contribution in [-0.4, -0.2) is 0 Å². The minimum absolute atomic E-state index is 0.00541. The zero-order chi connectivity index (χ0) is 45.8. The Morgan fingerprint density at radius 1 is 0.338 bits per heavy atom. The zero-order valence-corrected chi connectivity index (χ0v) is 39.7. The summed E-state index contributed by atoms with van der Waals surface area (Å²) in [6.07, 6.45) is 7.08. The first-order valence-corrected chi connectivity index (χ1v) is 25.0. The van der Waals surface area contributed by atoms with Crippen molar-refractivity contribution in [1.82, 2.24) is 0 Å². The maximum atomic E-state index is 2.64. The molecule has 0 unspecified atom stereocenters. The predicted octanol–water partition coefficient (Wildman–Crippen LogP) is 17.7. The summed E-state index contributed by atoms with van der Waals surface area (Å²) in [5.41, 5.74) is 27.5. The van der Waals surface area contributed by atoms with E-state index in [0.717, 1.165) is 24.9 Å². The van der Waals surface area contributed by atoms with Gasteiger partial charge in [-0.15, -0.1) is 0 Å². The maximum absolute atomic E-state index is 2.64. The van der Waals surface area contributed by atoms with E-state index in [-0.39, 0.29) is 10.8 Å². The number of hydrogen-bond acceptors (Lipinski definition) is 1. The number of rotatable bonds is 6. The summed E-state index contributed by atoms with van der Waals surface area (Å²) < 4.78 is 0. The van der Waals surface area contributed by atoms with Crippen molar-refractivity contribution in [1.29, 1.82) is 0 Å². The normalized spacial score (nSPS) is 16.2. The van der Waals surface area contributed by atoms with Gasteiger partial charge in [-0.2, -0.15) is 0 Å². The van der Waals surface area contributed by atoms with Gasteiger partial charge in [-0.25, -0.2) is 0 Å². The molecule has 0 radical (unpaired) electrons. The highest BCUT2D eigenvalue weighted by molar-refractivity contribution is 6.01. The lowest BCUT2D eigenvalue weighted by molar-refractivity contribution is 0.333. The Morgan fingerprint density at radius 3 is 1.46 bits per heavy atom. The molecule has 9 aromatic rings. The largest absolute Gasteiger partial charge is 0.310 e. The van der Waals surface area contributed by atoms with Gasteiger partial charge in [0.2, 0.25) is 0 Å². The number of nitrogens with zero attached hydrogens (tertiary/aromatic N) is 1. The first-order valence-electron chi connectivity index (χ1n) is 25.0. The van der Waals surface area contributed by atoms with Crippen LogP contribution in [0.3, 0.4) is 0 Å². The first-order chi connectivity index (χ1) is 33.2. The van der Waals surface area contributed by atoms with Crippen molar-refractivity contribution >= 4 is 17.1 Å². The third-order valence-corrected chi connectivity index (χ3v) is 16.5. The highest BCUT2D eigenvalue weighted by Crippen LogP contribution is 2.65. The van der Waals surface area contributed by atoms with Gasteiger partial charge in [0.1, 0.15) is 0 Å².